The van der Waals surface area contributed by atoms with Gasteiger partial charge in [0.25, 0.3) is 0 Å². The summed E-state index contributed by atoms with van der Waals surface area (Å²) in [6, 6.07) is 5.21. The van der Waals surface area contributed by atoms with E-state index in [1.54, 1.807) is 6.07 Å². The summed E-state index contributed by atoms with van der Waals surface area (Å²) in [6.07, 6.45) is 1.75. The van der Waals surface area contributed by atoms with Crippen molar-refractivity contribution in [3.8, 4) is 0 Å². The number of halogens is 1. The second kappa shape index (κ2) is 5.61. The minimum absolute atomic E-state index is 0.0589. The molecule has 0 aromatic heterocycles. The lowest BCUT2D eigenvalue weighted by molar-refractivity contribution is -0.137. The Hall–Kier alpha value is -1.56. The van der Waals surface area contributed by atoms with E-state index in [0.717, 1.165) is 22.9 Å². The fourth-order valence-electron chi connectivity index (χ4n) is 1.83. The summed E-state index contributed by atoms with van der Waals surface area (Å²) in [5.74, 6) is -0.993. The Morgan fingerprint density at radius 3 is 2.74 bits per heavy atom. The zero-order valence-electron chi connectivity index (χ0n) is 10.5. The second-order valence-electron chi connectivity index (χ2n) is 4.60. The Kier molecular flexibility index (Phi) is 4.09. The normalized spacial score (nSPS) is 14.0. The Morgan fingerprint density at radius 2 is 2.16 bits per heavy atom. The van der Waals surface area contributed by atoms with E-state index < -0.39 is 5.97 Å². The average molecular weight is 327 g/mol. The summed E-state index contributed by atoms with van der Waals surface area (Å²) in [5.41, 5.74) is 1.61. The number of nitrogens with one attached hydrogen (secondary N) is 1. The van der Waals surface area contributed by atoms with Gasteiger partial charge in [-0.25, -0.2) is 4.79 Å². The summed E-state index contributed by atoms with van der Waals surface area (Å²) >= 11 is 3.40. The van der Waals surface area contributed by atoms with Crippen LogP contribution in [0.5, 0.6) is 0 Å². The van der Waals surface area contributed by atoms with E-state index in [2.05, 4.69) is 21.2 Å². The SMILES string of the molecule is Cc1c(Br)cccc1NC(=O)N(CC(=O)O)C1CC1. The molecule has 1 aromatic rings. The smallest absolute Gasteiger partial charge is 0.323 e. The molecule has 0 saturated heterocycles. The van der Waals surface area contributed by atoms with Crippen molar-refractivity contribution in [2.45, 2.75) is 25.8 Å². The zero-order chi connectivity index (χ0) is 14.0. The summed E-state index contributed by atoms with van der Waals surface area (Å²) in [7, 11) is 0. The summed E-state index contributed by atoms with van der Waals surface area (Å²) in [6.45, 7) is 1.63. The van der Waals surface area contributed by atoms with E-state index in [4.69, 9.17) is 5.11 Å². The first-order valence-electron chi connectivity index (χ1n) is 6.03. The van der Waals surface area contributed by atoms with Crippen LogP contribution in [0.2, 0.25) is 0 Å². The molecule has 0 atom stereocenters. The molecule has 19 heavy (non-hydrogen) atoms. The van der Waals surface area contributed by atoms with Crippen LogP contribution in [0.25, 0.3) is 0 Å². The fraction of sp³-hybridized carbons (Fsp3) is 0.385. The maximum Gasteiger partial charge on any atom is 0.323 e. The first-order chi connectivity index (χ1) is 8.99. The third-order valence-corrected chi connectivity index (χ3v) is 3.92. The zero-order valence-corrected chi connectivity index (χ0v) is 12.1. The van der Waals surface area contributed by atoms with Crippen LogP contribution in [0.1, 0.15) is 18.4 Å². The lowest BCUT2D eigenvalue weighted by atomic mass is 10.2. The summed E-state index contributed by atoms with van der Waals surface area (Å²) in [4.78, 5) is 24.3. The van der Waals surface area contributed by atoms with Crippen molar-refractivity contribution in [2.75, 3.05) is 11.9 Å². The number of rotatable bonds is 4. The van der Waals surface area contributed by atoms with E-state index in [-0.39, 0.29) is 18.6 Å². The lowest BCUT2D eigenvalue weighted by Gasteiger charge is -2.21. The number of carbonyl (C=O) groups is 2. The predicted molar refractivity (Wildman–Crippen MR) is 75.3 cm³/mol. The standard InChI is InChI=1S/C13H15BrN2O3/c1-8-10(14)3-2-4-11(8)15-13(19)16(7-12(17)18)9-5-6-9/h2-4,9H,5-7H2,1H3,(H,15,19)(H,17,18). The van der Waals surface area contributed by atoms with E-state index >= 15 is 0 Å². The number of carboxylic acids is 1. The lowest BCUT2D eigenvalue weighted by Crippen LogP contribution is -2.40. The van der Waals surface area contributed by atoms with Gasteiger partial charge in [-0.1, -0.05) is 22.0 Å². The maximum absolute atomic E-state index is 12.1. The number of hydrogen-bond donors (Lipinski definition) is 2. The number of hydrogen-bond acceptors (Lipinski definition) is 2. The Bertz CT molecular complexity index is 515. The minimum atomic E-state index is -0.993. The van der Waals surface area contributed by atoms with Gasteiger partial charge in [-0.15, -0.1) is 0 Å². The maximum atomic E-state index is 12.1. The predicted octanol–water partition coefficient (Wildman–Crippen LogP) is 2.84. The molecule has 0 bridgehead atoms. The largest absolute Gasteiger partial charge is 0.480 e. The van der Waals surface area contributed by atoms with E-state index in [1.165, 1.54) is 4.90 Å². The van der Waals surface area contributed by atoms with E-state index in [1.807, 2.05) is 19.1 Å². The molecule has 5 nitrogen and oxygen atoms in total. The van der Waals surface area contributed by atoms with Gasteiger partial charge in [0, 0.05) is 16.2 Å². The Labute approximate surface area is 119 Å². The number of aliphatic carboxylic acids is 1. The van der Waals surface area contributed by atoms with E-state index in [0.29, 0.717) is 5.69 Å². The molecule has 0 aliphatic heterocycles. The van der Waals surface area contributed by atoms with Crippen LogP contribution in [-0.2, 0) is 4.79 Å². The first kappa shape index (κ1) is 13.9. The van der Waals surface area contributed by atoms with Crippen LogP contribution in [0.15, 0.2) is 22.7 Å². The highest BCUT2D eigenvalue weighted by molar-refractivity contribution is 9.10. The minimum Gasteiger partial charge on any atom is -0.480 e. The van der Waals surface area contributed by atoms with Crippen LogP contribution in [-0.4, -0.2) is 34.6 Å². The molecular weight excluding hydrogens is 312 g/mol. The van der Waals surface area contributed by atoms with Gasteiger partial charge in [0.2, 0.25) is 0 Å². The number of amides is 2. The topological polar surface area (TPSA) is 69.6 Å². The van der Waals surface area contributed by atoms with Crippen LogP contribution < -0.4 is 5.32 Å². The molecule has 2 rings (SSSR count). The van der Waals surface area contributed by atoms with Gasteiger partial charge in [-0.3, -0.25) is 4.79 Å². The molecular formula is C13H15BrN2O3. The number of nitrogens with zero attached hydrogens (tertiary/aromatic N) is 1. The van der Waals surface area contributed by atoms with Crippen molar-refractivity contribution in [1.82, 2.24) is 4.90 Å². The van der Waals surface area contributed by atoms with Crippen molar-refractivity contribution in [1.29, 1.82) is 0 Å². The third kappa shape index (κ3) is 3.47. The van der Waals surface area contributed by atoms with Gasteiger partial charge in [-0.05, 0) is 37.5 Å². The highest BCUT2D eigenvalue weighted by Gasteiger charge is 2.34. The summed E-state index contributed by atoms with van der Waals surface area (Å²) < 4.78 is 0.904. The quantitative estimate of drug-likeness (QED) is 0.893. The van der Waals surface area contributed by atoms with Gasteiger partial charge >= 0.3 is 12.0 Å². The van der Waals surface area contributed by atoms with Crippen LogP contribution in [0.4, 0.5) is 10.5 Å². The number of urea groups is 1. The van der Waals surface area contributed by atoms with Crippen LogP contribution >= 0.6 is 15.9 Å². The molecule has 2 amide bonds. The molecule has 0 spiro atoms. The Balaban J connectivity index is 2.10. The van der Waals surface area contributed by atoms with Crippen molar-refractivity contribution in [3.63, 3.8) is 0 Å². The third-order valence-electron chi connectivity index (χ3n) is 3.06. The van der Waals surface area contributed by atoms with Crippen LogP contribution in [0, 0.1) is 6.92 Å². The van der Waals surface area contributed by atoms with Crippen LogP contribution in [0.3, 0.4) is 0 Å². The van der Waals surface area contributed by atoms with E-state index in [9.17, 15) is 9.59 Å². The molecule has 0 unspecified atom stereocenters. The highest BCUT2D eigenvalue weighted by Crippen LogP contribution is 2.28. The number of carboxylic acid groups (broad SMARTS) is 1. The molecule has 0 heterocycles. The van der Waals surface area contributed by atoms with Crippen molar-refractivity contribution >= 4 is 33.6 Å². The van der Waals surface area contributed by atoms with Gasteiger partial charge in [-0.2, -0.15) is 0 Å². The van der Waals surface area contributed by atoms with Crippen molar-refractivity contribution in [3.05, 3.63) is 28.2 Å². The molecule has 1 saturated carbocycles. The molecule has 1 aliphatic rings. The number of carbonyl (C=O) groups excluding carboxylic acids is 1. The molecule has 2 N–H and O–H groups in total. The molecule has 1 aromatic carbocycles. The summed E-state index contributed by atoms with van der Waals surface area (Å²) in [5, 5.41) is 11.6. The average Bonchev–Trinajstić information content (AvgIpc) is 3.16. The second-order valence-corrected chi connectivity index (χ2v) is 5.45. The number of anilines is 1. The molecule has 1 fully saturated rings. The molecule has 1 aliphatic carbocycles. The van der Waals surface area contributed by atoms with Crippen molar-refractivity contribution in [2.24, 2.45) is 0 Å². The van der Waals surface area contributed by atoms with Gasteiger partial charge in [0.05, 0.1) is 0 Å². The fourth-order valence-corrected chi connectivity index (χ4v) is 2.19. The first-order valence-corrected chi connectivity index (χ1v) is 6.83. The molecule has 0 radical (unpaired) electrons. The van der Waals surface area contributed by atoms with Gasteiger partial charge < -0.3 is 15.3 Å². The Morgan fingerprint density at radius 1 is 1.47 bits per heavy atom. The van der Waals surface area contributed by atoms with Gasteiger partial charge in [0.1, 0.15) is 6.54 Å². The highest BCUT2D eigenvalue weighted by atomic mass is 79.9. The molecule has 6 heteroatoms. The monoisotopic (exact) mass is 326 g/mol. The number of benzene rings is 1. The van der Waals surface area contributed by atoms with Gasteiger partial charge in [0.15, 0.2) is 0 Å². The molecule has 102 valence electrons. The van der Waals surface area contributed by atoms with Crippen molar-refractivity contribution < 1.29 is 14.7 Å².